The Morgan fingerprint density at radius 3 is 2.67 bits per heavy atom. The van der Waals surface area contributed by atoms with Gasteiger partial charge in [0.2, 0.25) is 0 Å². The number of aromatic nitrogens is 1. The van der Waals surface area contributed by atoms with Gasteiger partial charge in [0, 0.05) is 25.3 Å². The van der Waals surface area contributed by atoms with Gasteiger partial charge in [0.1, 0.15) is 11.9 Å². The second-order valence-electron chi connectivity index (χ2n) is 4.33. The summed E-state index contributed by atoms with van der Waals surface area (Å²) >= 11 is 0. The molecule has 1 saturated carbocycles. The van der Waals surface area contributed by atoms with Crippen molar-refractivity contribution >= 4 is 5.82 Å². The molecule has 1 aliphatic carbocycles. The van der Waals surface area contributed by atoms with E-state index < -0.39 is 0 Å². The fraction of sp³-hybridized carbons (Fsp3) is 0.455. The number of hydrogen-bond acceptors (Lipinski definition) is 4. The molecule has 15 heavy (non-hydrogen) atoms. The van der Waals surface area contributed by atoms with Crippen molar-refractivity contribution in [2.75, 3.05) is 18.0 Å². The largest absolute Gasteiger partial charge is 0.356 e. The van der Waals surface area contributed by atoms with Crippen molar-refractivity contribution in [3.8, 4) is 6.07 Å². The van der Waals surface area contributed by atoms with Crippen LogP contribution in [-0.2, 0) is 0 Å². The minimum atomic E-state index is 0.416. The van der Waals surface area contributed by atoms with Gasteiger partial charge >= 0.3 is 0 Å². The monoisotopic (exact) mass is 200 g/mol. The lowest BCUT2D eigenvalue weighted by Crippen LogP contribution is -2.28. The average Bonchev–Trinajstić information content (AvgIpc) is 2.74. The van der Waals surface area contributed by atoms with Gasteiger partial charge in [0.15, 0.2) is 0 Å². The van der Waals surface area contributed by atoms with Crippen LogP contribution in [0.2, 0.25) is 0 Å². The summed E-state index contributed by atoms with van der Waals surface area (Å²) in [5.74, 6) is 2.30. The second kappa shape index (κ2) is 2.94. The fourth-order valence-electron chi connectivity index (χ4n) is 2.40. The quantitative estimate of drug-likeness (QED) is 0.710. The molecule has 1 aliphatic heterocycles. The smallest absolute Gasteiger partial charge is 0.128 e. The molecule has 0 amide bonds. The Kier molecular flexibility index (Phi) is 1.70. The number of nitriles is 1. The SMILES string of the molecule is N#Cc1ccc(N2C[C@@H]3[C@H](N)[C@@H]3C2)nc1. The summed E-state index contributed by atoms with van der Waals surface area (Å²) < 4.78 is 0. The zero-order valence-corrected chi connectivity index (χ0v) is 8.30. The molecular formula is C11H12N4. The van der Waals surface area contributed by atoms with E-state index in [2.05, 4.69) is 16.0 Å². The minimum Gasteiger partial charge on any atom is -0.356 e. The van der Waals surface area contributed by atoms with Crippen LogP contribution >= 0.6 is 0 Å². The summed E-state index contributed by atoms with van der Waals surface area (Å²) in [4.78, 5) is 6.52. The van der Waals surface area contributed by atoms with Gasteiger partial charge in [0.25, 0.3) is 0 Å². The van der Waals surface area contributed by atoms with Crippen molar-refractivity contribution < 1.29 is 0 Å². The van der Waals surface area contributed by atoms with E-state index in [0.29, 0.717) is 23.4 Å². The van der Waals surface area contributed by atoms with Crippen LogP contribution in [-0.4, -0.2) is 24.1 Å². The Balaban J connectivity index is 1.75. The molecular weight excluding hydrogens is 188 g/mol. The van der Waals surface area contributed by atoms with Crippen molar-refractivity contribution in [3.05, 3.63) is 23.9 Å². The first-order valence-electron chi connectivity index (χ1n) is 5.16. The number of fused-ring (bicyclic) bond motifs is 1. The third kappa shape index (κ3) is 1.28. The zero-order valence-electron chi connectivity index (χ0n) is 8.30. The molecule has 0 unspecified atom stereocenters. The van der Waals surface area contributed by atoms with E-state index in [9.17, 15) is 0 Å². The van der Waals surface area contributed by atoms with Crippen molar-refractivity contribution in [3.63, 3.8) is 0 Å². The van der Waals surface area contributed by atoms with Crippen LogP contribution in [0.1, 0.15) is 5.56 Å². The molecule has 76 valence electrons. The number of anilines is 1. The van der Waals surface area contributed by atoms with Gasteiger partial charge in [-0.1, -0.05) is 0 Å². The lowest BCUT2D eigenvalue weighted by Gasteiger charge is -2.19. The maximum atomic E-state index is 8.66. The van der Waals surface area contributed by atoms with E-state index in [0.717, 1.165) is 18.9 Å². The molecule has 4 nitrogen and oxygen atoms in total. The van der Waals surface area contributed by atoms with Crippen LogP contribution in [0.5, 0.6) is 0 Å². The number of rotatable bonds is 1. The molecule has 3 rings (SSSR count). The molecule has 0 aromatic carbocycles. The number of nitrogens with two attached hydrogens (primary N) is 1. The van der Waals surface area contributed by atoms with Gasteiger partial charge in [-0.25, -0.2) is 4.98 Å². The maximum absolute atomic E-state index is 8.66. The van der Waals surface area contributed by atoms with E-state index in [-0.39, 0.29) is 0 Å². The number of nitrogens with zero attached hydrogens (tertiary/aromatic N) is 3. The summed E-state index contributed by atoms with van der Waals surface area (Å²) in [6, 6.07) is 6.21. The van der Waals surface area contributed by atoms with Crippen LogP contribution in [0.25, 0.3) is 0 Å². The molecule has 0 spiro atoms. The van der Waals surface area contributed by atoms with E-state index in [1.807, 2.05) is 12.1 Å². The Labute approximate surface area is 88.3 Å². The molecule has 1 aromatic rings. The minimum absolute atomic E-state index is 0.416. The highest BCUT2D eigenvalue weighted by Gasteiger charge is 2.53. The van der Waals surface area contributed by atoms with Gasteiger partial charge in [-0.2, -0.15) is 5.26 Å². The highest BCUT2D eigenvalue weighted by Crippen LogP contribution is 2.44. The molecule has 3 atom stereocenters. The molecule has 2 N–H and O–H groups in total. The summed E-state index contributed by atoms with van der Waals surface area (Å²) in [5.41, 5.74) is 6.48. The van der Waals surface area contributed by atoms with E-state index >= 15 is 0 Å². The Hall–Kier alpha value is -1.60. The Bertz CT molecular complexity index is 407. The number of pyridine rings is 1. The summed E-state index contributed by atoms with van der Waals surface area (Å²) in [6.45, 7) is 2.04. The van der Waals surface area contributed by atoms with Crippen LogP contribution in [0, 0.1) is 23.2 Å². The average molecular weight is 200 g/mol. The molecule has 0 bridgehead atoms. The van der Waals surface area contributed by atoms with Crippen molar-refractivity contribution in [2.24, 2.45) is 17.6 Å². The highest BCUT2D eigenvalue weighted by atomic mass is 15.2. The normalized spacial score (nSPS) is 32.3. The molecule has 4 heteroatoms. The topological polar surface area (TPSA) is 65.9 Å². The molecule has 2 fully saturated rings. The molecule has 0 radical (unpaired) electrons. The van der Waals surface area contributed by atoms with Crippen molar-refractivity contribution in [2.45, 2.75) is 6.04 Å². The van der Waals surface area contributed by atoms with Gasteiger partial charge in [0.05, 0.1) is 5.56 Å². The predicted octanol–water partition coefficient (Wildman–Crippen LogP) is 0.347. The van der Waals surface area contributed by atoms with Gasteiger partial charge in [-0.3, -0.25) is 0 Å². The van der Waals surface area contributed by atoms with Crippen LogP contribution in [0.15, 0.2) is 18.3 Å². The fourth-order valence-corrected chi connectivity index (χ4v) is 2.40. The molecule has 1 aromatic heterocycles. The summed E-state index contributed by atoms with van der Waals surface area (Å²) in [5, 5.41) is 8.66. The second-order valence-corrected chi connectivity index (χ2v) is 4.33. The first kappa shape index (κ1) is 8.69. The summed E-state index contributed by atoms with van der Waals surface area (Å²) in [6.07, 6.45) is 1.62. The van der Waals surface area contributed by atoms with Crippen LogP contribution < -0.4 is 10.6 Å². The Morgan fingerprint density at radius 1 is 1.40 bits per heavy atom. The van der Waals surface area contributed by atoms with Gasteiger partial charge in [-0.05, 0) is 24.0 Å². The molecule has 2 heterocycles. The Morgan fingerprint density at radius 2 is 2.13 bits per heavy atom. The highest BCUT2D eigenvalue weighted by molar-refractivity contribution is 5.45. The molecule has 2 aliphatic rings. The van der Waals surface area contributed by atoms with Crippen LogP contribution in [0.3, 0.4) is 0 Å². The zero-order chi connectivity index (χ0) is 10.4. The number of hydrogen-bond donors (Lipinski definition) is 1. The van der Waals surface area contributed by atoms with E-state index in [4.69, 9.17) is 11.0 Å². The van der Waals surface area contributed by atoms with Crippen LogP contribution in [0.4, 0.5) is 5.82 Å². The number of piperidine rings is 1. The first-order valence-corrected chi connectivity index (χ1v) is 5.16. The van der Waals surface area contributed by atoms with Gasteiger partial charge in [-0.15, -0.1) is 0 Å². The van der Waals surface area contributed by atoms with Crippen molar-refractivity contribution in [1.82, 2.24) is 4.98 Å². The lowest BCUT2D eigenvalue weighted by atomic mass is 10.3. The molecule has 1 saturated heterocycles. The van der Waals surface area contributed by atoms with E-state index in [1.165, 1.54) is 0 Å². The van der Waals surface area contributed by atoms with Gasteiger partial charge < -0.3 is 10.6 Å². The maximum Gasteiger partial charge on any atom is 0.128 e. The lowest BCUT2D eigenvalue weighted by molar-refractivity contribution is 0.735. The standard InChI is InChI=1S/C11H12N4/c12-3-7-1-2-10(14-4-7)15-5-8-9(6-15)11(8)13/h1-2,4,8-9,11H,5-6,13H2/t8-,9+,11-. The third-order valence-electron chi connectivity index (χ3n) is 3.46. The third-order valence-corrected chi connectivity index (χ3v) is 3.46. The summed E-state index contributed by atoms with van der Waals surface area (Å²) in [7, 11) is 0. The van der Waals surface area contributed by atoms with E-state index in [1.54, 1.807) is 6.20 Å². The first-order chi connectivity index (χ1) is 7.29. The van der Waals surface area contributed by atoms with Crippen molar-refractivity contribution in [1.29, 1.82) is 5.26 Å². The predicted molar refractivity (Wildman–Crippen MR) is 56.1 cm³/mol.